The highest BCUT2D eigenvalue weighted by molar-refractivity contribution is 14.0. The lowest BCUT2D eigenvalue weighted by Crippen LogP contribution is -2.39. The van der Waals surface area contributed by atoms with E-state index in [1.807, 2.05) is 25.1 Å². The maximum Gasteiger partial charge on any atom is 0.433 e. The van der Waals surface area contributed by atoms with Gasteiger partial charge >= 0.3 is 6.18 Å². The predicted molar refractivity (Wildman–Crippen MR) is 128 cm³/mol. The Morgan fingerprint density at radius 2 is 1.81 bits per heavy atom. The highest BCUT2D eigenvalue weighted by Gasteiger charge is 2.32. The molecule has 12 heteroatoms. The van der Waals surface area contributed by atoms with E-state index in [0.717, 1.165) is 17.8 Å². The average molecular weight is 568 g/mol. The number of aliphatic imine (C=N–C) groups is 1. The van der Waals surface area contributed by atoms with Gasteiger partial charge in [0.25, 0.3) is 0 Å². The third-order valence-electron chi connectivity index (χ3n) is 4.11. The molecule has 1 aromatic carbocycles. The van der Waals surface area contributed by atoms with Crippen LogP contribution in [0.1, 0.15) is 18.2 Å². The van der Waals surface area contributed by atoms with Gasteiger partial charge in [0.1, 0.15) is 5.69 Å². The largest absolute Gasteiger partial charge is 0.493 e. The van der Waals surface area contributed by atoms with Gasteiger partial charge in [-0.3, -0.25) is 4.99 Å². The summed E-state index contributed by atoms with van der Waals surface area (Å²) in [6.07, 6.45) is -2.73. The van der Waals surface area contributed by atoms with Crippen molar-refractivity contribution < 1.29 is 22.6 Å². The van der Waals surface area contributed by atoms with Gasteiger partial charge in [-0.05, 0) is 37.1 Å². The summed E-state index contributed by atoms with van der Waals surface area (Å²) in [6.45, 7) is 3.89. The third kappa shape index (κ3) is 8.93. The molecule has 178 valence electrons. The molecule has 0 saturated heterocycles. The molecular weight excluding hydrogens is 540 g/mol. The number of halogens is 4. The van der Waals surface area contributed by atoms with Gasteiger partial charge in [0.05, 0.1) is 14.2 Å². The number of benzene rings is 1. The zero-order valence-electron chi connectivity index (χ0n) is 18.1. The van der Waals surface area contributed by atoms with E-state index >= 15 is 0 Å². The van der Waals surface area contributed by atoms with Crippen LogP contribution >= 0.6 is 24.0 Å². The van der Waals surface area contributed by atoms with Crippen LogP contribution in [0.5, 0.6) is 11.5 Å². The van der Waals surface area contributed by atoms with E-state index in [2.05, 4.69) is 30.9 Å². The van der Waals surface area contributed by atoms with E-state index in [9.17, 15) is 13.2 Å². The Kier molecular flexibility index (Phi) is 11.9. The minimum Gasteiger partial charge on any atom is -0.493 e. The Labute approximate surface area is 202 Å². The molecule has 2 rings (SSSR count). The topological polar surface area (TPSA) is 92.7 Å². The second-order valence-corrected chi connectivity index (χ2v) is 6.32. The molecule has 0 radical (unpaired) electrons. The first-order valence-electron chi connectivity index (χ1n) is 9.74. The molecule has 32 heavy (non-hydrogen) atoms. The van der Waals surface area contributed by atoms with Crippen molar-refractivity contribution in [1.82, 2.24) is 20.6 Å². The number of guanidine groups is 1. The van der Waals surface area contributed by atoms with E-state index in [1.54, 1.807) is 14.2 Å². The molecular formula is C20H28F3IN6O2. The highest BCUT2D eigenvalue weighted by Crippen LogP contribution is 2.28. The molecule has 0 aliphatic rings. The van der Waals surface area contributed by atoms with E-state index < -0.39 is 11.9 Å². The van der Waals surface area contributed by atoms with E-state index in [-0.39, 0.29) is 29.9 Å². The first kappa shape index (κ1) is 27.5. The van der Waals surface area contributed by atoms with Gasteiger partial charge in [-0.2, -0.15) is 13.2 Å². The standard InChI is InChI=1S/C20H27F3N6O2.HI/c1-4-24-18(25-9-7-14-5-6-15(30-2)16(13-14)31-3)27-11-12-28-19-26-10-8-17(29-19)20(21,22)23;/h5-6,8,10,13H,4,7,9,11-12H2,1-3H3,(H2,24,25,27)(H,26,28,29);1H. The van der Waals surface area contributed by atoms with Gasteiger partial charge in [-0.15, -0.1) is 24.0 Å². The lowest BCUT2D eigenvalue weighted by Gasteiger charge is -2.13. The molecule has 8 nitrogen and oxygen atoms in total. The van der Waals surface area contributed by atoms with Crippen LogP contribution in [0.4, 0.5) is 19.1 Å². The van der Waals surface area contributed by atoms with Gasteiger partial charge in [0, 0.05) is 32.4 Å². The van der Waals surface area contributed by atoms with Crippen molar-refractivity contribution in [2.45, 2.75) is 19.5 Å². The number of ether oxygens (including phenoxy) is 2. The minimum absolute atomic E-state index is 0. The number of nitrogens with one attached hydrogen (secondary N) is 3. The van der Waals surface area contributed by atoms with Crippen molar-refractivity contribution in [3.8, 4) is 11.5 Å². The Morgan fingerprint density at radius 1 is 1.06 bits per heavy atom. The van der Waals surface area contributed by atoms with Crippen LogP contribution in [-0.4, -0.2) is 56.3 Å². The maximum absolute atomic E-state index is 12.7. The molecule has 0 unspecified atom stereocenters. The second-order valence-electron chi connectivity index (χ2n) is 6.32. The van der Waals surface area contributed by atoms with Gasteiger partial charge in [0.2, 0.25) is 5.95 Å². The molecule has 0 amide bonds. The summed E-state index contributed by atoms with van der Waals surface area (Å²) < 4.78 is 48.6. The fourth-order valence-electron chi connectivity index (χ4n) is 2.63. The molecule has 0 aliphatic carbocycles. The molecule has 0 atom stereocenters. The Morgan fingerprint density at radius 3 is 2.47 bits per heavy atom. The molecule has 1 aromatic heterocycles. The van der Waals surface area contributed by atoms with E-state index in [0.29, 0.717) is 50.1 Å². The Balaban J connectivity index is 0.00000512. The van der Waals surface area contributed by atoms with Gasteiger partial charge < -0.3 is 25.4 Å². The summed E-state index contributed by atoms with van der Waals surface area (Å²) in [6, 6.07) is 6.55. The summed E-state index contributed by atoms with van der Waals surface area (Å²) in [5.74, 6) is 1.86. The van der Waals surface area contributed by atoms with Crippen molar-refractivity contribution >= 4 is 35.9 Å². The lowest BCUT2D eigenvalue weighted by atomic mass is 10.1. The summed E-state index contributed by atoms with van der Waals surface area (Å²) in [5, 5.41) is 9.01. The first-order valence-corrected chi connectivity index (χ1v) is 9.74. The molecule has 0 bridgehead atoms. The van der Waals surface area contributed by atoms with Crippen molar-refractivity contribution in [3.05, 3.63) is 41.7 Å². The van der Waals surface area contributed by atoms with E-state index in [1.165, 1.54) is 0 Å². The van der Waals surface area contributed by atoms with Crippen molar-refractivity contribution in [1.29, 1.82) is 0 Å². The minimum atomic E-state index is -4.50. The van der Waals surface area contributed by atoms with Gasteiger partial charge in [0.15, 0.2) is 17.5 Å². The smallest absolute Gasteiger partial charge is 0.433 e. The van der Waals surface area contributed by atoms with Crippen molar-refractivity contribution in [3.63, 3.8) is 0 Å². The molecule has 1 heterocycles. The van der Waals surface area contributed by atoms with Crippen LogP contribution in [0.3, 0.4) is 0 Å². The number of hydrogen-bond donors (Lipinski definition) is 3. The summed E-state index contributed by atoms with van der Waals surface area (Å²) in [5.41, 5.74) is 0.0728. The van der Waals surface area contributed by atoms with Crippen LogP contribution in [0.25, 0.3) is 0 Å². The zero-order chi connectivity index (χ0) is 22.7. The summed E-state index contributed by atoms with van der Waals surface area (Å²) >= 11 is 0. The molecule has 2 aromatic rings. The quantitative estimate of drug-likeness (QED) is 0.175. The second kappa shape index (κ2) is 13.8. The van der Waals surface area contributed by atoms with Crippen LogP contribution in [0.15, 0.2) is 35.5 Å². The number of hydrogen-bond acceptors (Lipinski definition) is 6. The molecule has 0 saturated carbocycles. The molecule has 0 aliphatic heterocycles. The zero-order valence-corrected chi connectivity index (χ0v) is 20.5. The van der Waals surface area contributed by atoms with Crippen LogP contribution < -0.4 is 25.4 Å². The Hall–Kier alpha value is -2.51. The van der Waals surface area contributed by atoms with Crippen molar-refractivity contribution in [2.75, 3.05) is 45.7 Å². The molecule has 3 N–H and O–H groups in total. The maximum atomic E-state index is 12.7. The summed E-state index contributed by atoms with van der Waals surface area (Å²) in [7, 11) is 3.18. The summed E-state index contributed by atoms with van der Waals surface area (Å²) in [4.78, 5) is 11.8. The number of rotatable bonds is 10. The number of aromatic nitrogens is 2. The fraction of sp³-hybridized carbons (Fsp3) is 0.450. The van der Waals surface area contributed by atoms with E-state index in [4.69, 9.17) is 9.47 Å². The fourth-order valence-corrected chi connectivity index (χ4v) is 2.63. The van der Waals surface area contributed by atoms with Gasteiger partial charge in [-0.25, -0.2) is 9.97 Å². The first-order chi connectivity index (χ1) is 14.9. The van der Waals surface area contributed by atoms with Crippen LogP contribution in [-0.2, 0) is 12.6 Å². The Bertz CT molecular complexity index is 867. The van der Waals surface area contributed by atoms with Crippen LogP contribution in [0, 0.1) is 0 Å². The average Bonchev–Trinajstić information content (AvgIpc) is 2.76. The number of alkyl halides is 3. The predicted octanol–water partition coefficient (Wildman–Crippen LogP) is 3.34. The van der Waals surface area contributed by atoms with Gasteiger partial charge in [-0.1, -0.05) is 6.07 Å². The van der Waals surface area contributed by atoms with Crippen LogP contribution in [0.2, 0.25) is 0 Å². The number of nitrogens with zero attached hydrogens (tertiary/aromatic N) is 3. The third-order valence-corrected chi connectivity index (χ3v) is 4.11. The SMILES string of the molecule is CCNC(=NCCc1ccc(OC)c(OC)c1)NCCNc1nccc(C(F)(F)F)n1.I. The number of anilines is 1. The van der Waals surface area contributed by atoms with Crippen molar-refractivity contribution in [2.24, 2.45) is 4.99 Å². The lowest BCUT2D eigenvalue weighted by molar-refractivity contribution is -0.141. The monoisotopic (exact) mass is 568 g/mol. The highest BCUT2D eigenvalue weighted by atomic mass is 127. The normalized spacial score (nSPS) is 11.4. The molecule has 0 fully saturated rings. The molecule has 0 spiro atoms. The number of methoxy groups -OCH3 is 2.